The van der Waals surface area contributed by atoms with E-state index in [0.29, 0.717) is 36.3 Å². The standard InChI is InChI=1S/C16H23FN4O2.ClH/c1-11(2)8-21(10-15-19-16(7-18)23-20-15)9-14(22)12-3-5-13(17)6-4-12;/h3-6,11,14,22H,7-10,18H2,1-2H3;1H. The highest BCUT2D eigenvalue weighted by Gasteiger charge is 2.17. The second-order valence-corrected chi connectivity index (χ2v) is 5.96. The second-order valence-electron chi connectivity index (χ2n) is 5.96. The van der Waals surface area contributed by atoms with Gasteiger partial charge in [-0.05, 0) is 23.6 Å². The van der Waals surface area contributed by atoms with Gasteiger partial charge in [-0.3, -0.25) is 4.90 Å². The Bertz CT molecular complexity index is 606. The molecular weight excluding hydrogens is 335 g/mol. The van der Waals surface area contributed by atoms with Crippen LogP contribution in [0.25, 0.3) is 0 Å². The molecule has 1 unspecified atom stereocenters. The molecule has 0 aliphatic heterocycles. The first-order valence-corrected chi connectivity index (χ1v) is 7.65. The number of aliphatic hydroxyl groups is 1. The summed E-state index contributed by atoms with van der Waals surface area (Å²) < 4.78 is 18.0. The molecule has 0 aliphatic rings. The summed E-state index contributed by atoms with van der Waals surface area (Å²) in [6.45, 7) is 6.02. The summed E-state index contributed by atoms with van der Waals surface area (Å²) in [5, 5.41) is 14.3. The van der Waals surface area contributed by atoms with Crippen LogP contribution in [0.2, 0.25) is 0 Å². The minimum absolute atomic E-state index is 0. The van der Waals surface area contributed by atoms with Crippen LogP contribution in [0.5, 0.6) is 0 Å². The molecule has 0 amide bonds. The third kappa shape index (κ3) is 6.16. The van der Waals surface area contributed by atoms with Gasteiger partial charge in [-0.15, -0.1) is 12.4 Å². The van der Waals surface area contributed by atoms with E-state index >= 15 is 0 Å². The molecule has 1 aromatic carbocycles. The van der Waals surface area contributed by atoms with Crippen molar-refractivity contribution in [1.82, 2.24) is 15.0 Å². The maximum Gasteiger partial charge on any atom is 0.240 e. The van der Waals surface area contributed by atoms with Crippen molar-refractivity contribution in [3.8, 4) is 0 Å². The van der Waals surface area contributed by atoms with Crippen molar-refractivity contribution < 1.29 is 14.0 Å². The monoisotopic (exact) mass is 358 g/mol. The summed E-state index contributed by atoms with van der Waals surface area (Å²) in [7, 11) is 0. The largest absolute Gasteiger partial charge is 0.387 e. The number of nitrogens with two attached hydrogens (primary N) is 1. The van der Waals surface area contributed by atoms with Crippen LogP contribution in [0.15, 0.2) is 28.8 Å². The summed E-state index contributed by atoms with van der Waals surface area (Å²) in [5.74, 6) is 1.03. The number of hydrogen-bond donors (Lipinski definition) is 2. The molecule has 0 spiro atoms. The van der Waals surface area contributed by atoms with E-state index < -0.39 is 6.10 Å². The van der Waals surface area contributed by atoms with Crippen LogP contribution in [-0.4, -0.2) is 33.2 Å². The van der Waals surface area contributed by atoms with Crippen LogP contribution >= 0.6 is 12.4 Å². The first-order chi connectivity index (χ1) is 11.0. The summed E-state index contributed by atoms with van der Waals surface area (Å²) in [6.07, 6.45) is -0.713. The van der Waals surface area contributed by atoms with Gasteiger partial charge >= 0.3 is 0 Å². The van der Waals surface area contributed by atoms with Crippen molar-refractivity contribution in [3.05, 3.63) is 47.4 Å². The highest BCUT2D eigenvalue weighted by Crippen LogP contribution is 2.17. The van der Waals surface area contributed by atoms with Crippen LogP contribution in [0, 0.1) is 11.7 Å². The average molecular weight is 359 g/mol. The number of aromatic nitrogens is 2. The van der Waals surface area contributed by atoms with E-state index in [4.69, 9.17) is 10.3 Å². The number of aliphatic hydroxyl groups excluding tert-OH is 1. The highest BCUT2D eigenvalue weighted by molar-refractivity contribution is 5.85. The quantitative estimate of drug-likeness (QED) is 0.752. The zero-order valence-corrected chi connectivity index (χ0v) is 14.7. The van der Waals surface area contributed by atoms with Gasteiger partial charge in [0.2, 0.25) is 5.89 Å². The lowest BCUT2D eigenvalue weighted by atomic mass is 10.1. The summed E-state index contributed by atoms with van der Waals surface area (Å²) in [5.41, 5.74) is 6.14. The molecule has 6 nitrogen and oxygen atoms in total. The van der Waals surface area contributed by atoms with E-state index in [1.807, 2.05) is 4.90 Å². The number of hydrogen-bond acceptors (Lipinski definition) is 6. The van der Waals surface area contributed by atoms with Gasteiger partial charge in [0, 0.05) is 13.1 Å². The lowest BCUT2D eigenvalue weighted by molar-refractivity contribution is 0.0995. The first-order valence-electron chi connectivity index (χ1n) is 7.65. The maximum atomic E-state index is 13.0. The zero-order chi connectivity index (χ0) is 16.8. The van der Waals surface area contributed by atoms with Crippen molar-refractivity contribution in [2.24, 2.45) is 11.7 Å². The lowest BCUT2D eigenvalue weighted by Gasteiger charge is -2.25. The first kappa shape index (κ1) is 20.5. The number of benzene rings is 1. The fourth-order valence-corrected chi connectivity index (χ4v) is 2.39. The molecule has 2 aromatic rings. The van der Waals surface area contributed by atoms with E-state index in [-0.39, 0.29) is 24.8 Å². The van der Waals surface area contributed by atoms with Crippen molar-refractivity contribution in [2.45, 2.75) is 33.0 Å². The van der Waals surface area contributed by atoms with Crippen molar-refractivity contribution in [3.63, 3.8) is 0 Å². The summed E-state index contributed by atoms with van der Waals surface area (Å²) in [4.78, 5) is 6.24. The lowest BCUT2D eigenvalue weighted by Crippen LogP contribution is -2.32. The Hall–Kier alpha value is -1.54. The Morgan fingerprint density at radius 2 is 1.92 bits per heavy atom. The third-order valence-corrected chi connectivity index (χ3v) is 3.36. The Balaban J connectivity index is 0.00000288. The Morgan fingerprint density at radius 1 is 1.25 bits per heavy atom. The molecule has 0 aliphatic carbocycles. The predicted octanol–water partition coefficient (Wildman–Crippen LogP) is 2.28. The molecule has 24 heavy (non-hydrogen) atoms. The topological polar surface area (TPSA) is 88.4 Å². The third-order valence-electron chi connectivity index (χ3n) is 3.36. The van der Waals surface area contributed by atoms with Gasteiger partial charge in [-0.25, -0.2) is 4.39 Å². The predicted molar refractivity (Wildman–Crippen MR) is 90.9 cm³/mol. The van der Waals surface area contributed by atoms with Gasteiger partial charge in [-0.1, -0.05) is 31.1 Å². The van der Waals surface area contributed by atoms with E-state index in [1.165, 1.54) is 12.1 Å². The maximum absolute atomic E-state index is 13.0. The molecule has 1 aromatic heterocycles. The van der Waals surface area contributed by atoms with Gasteiger partial charge in [0.1, 0.15) is 5.82 Å². The van der Waals surface area contributed by atoms with Crippen LogP contribution in [0.4, 0.5) is 4.39 Å². The van der Waals surface area contributed by atoms with Crippen molar-refractivity contribution >= 4 is 12.4 Å². The molecule has 2 rings (SSSR count). The van der Waals surface area contributed by atoms with E-state index in [0.717, 1.165) is 6.54 Å². The molecule has 0 saturated heterocycles. The van der Waals surface area contributed by atoms with E-state index in [1.54, 1.807) is 12.1 Å². The van der Waals surface area contributed by atoms with Crippen LogP contribution < -0.4 is 5.73 Å². The fourth-order valence-electron chi connectivity index (χ4n) is 2.39. The van der Waals surface area contributed by atoms with Gasteiger partial charge < -0.3 is 15.4 Å². The van der Waals surface area contributed by atoms with Gasteiger partial charge in [0.15, 0.2) is 5.82 Å². The smallest absolute Gasteiger partial charge is 0.240 e. The second kappa shape index (κ2) is 9.68. The number of rotatable bonds is 8. The number of nitrogens with zero attached hydrogens (tertiary/aromatic N) is 3. The van der Waals surface area contributed by atoms with Gasteiger partial charge in [0.05, 0.1) is 19.2 Å². The van der Waals surface area contributed by atoms with Crippen molar-refractivity contribution in [1.29, 1.82) is 0 Å². The molecule has 0 fully saturated rings. The van der Waals surface area contributed by atoms with Crippen molar-refractivity contribution in [2.75, 3.05) is 13.1 Å². The molecule has 8 heteroatoms. The molecular formula is C16H24ClFN4O2. The van der Waals surface area contributed by atoms with Crippen LogP contribution in [0.3, 0.4) is 0 Å². The Morgan fingerprint density at radius 3 is 2.46 bits per heavy atom. The van der Waals surface area contributed by atoms with Gasteiger partial charge in [-0.2, -0.15) is 4.98 Å². The van der Waals surface area contributed by atoms with Crippen LogP contribution in [0.1, 0.15) is 37.2 Å². The minimum Gasteiger partial charge on any atom is -0.387 e. The van der Waals surface area contributed by atoms with Crippen LogP contribution in [-0.2, 0) is 13.1 Å². The number of halogens is 2. The Kier molecular flexibility index (Phi) is 8.27. The molecule has 1 atom stereocenters. The summed E-state index contributed by atoms with van der Waals surface area (Å²) in [6, 6.07) is 5.87. The fraction of sp³-hybridized carbons (Fsp3) is 0.500. The summed E-state index contributed by atoms with van der Waals surface area (Å²) >= 11 is 0. The molecule has 134 valence electrons. The average Bonchev–Trinajstić information content (AvgIpc) is 2.94. The van der Waals surface area contributed by atoms with E-state index in [9.17, 15) is 9.50 Å². The normalized spacial score (nSPS) is 12.5. The minimum atomic E-state index is -0.713. The molecule has 0 radical (unpaired) electrons. The molecule has 0 bridgehead atoms. The molecule has 0 saturated carbocycles. The SMILES string of the molecule is CC(C)CN(Cc1noc(CN)n1)CC(O)c1ccc(F)cc1.Cl. The Labute approximate surface area is 147 Å². The molecule has 3 N–H and O–H groups in total. The zero-order valence-electron chi connectivity index (χ0n) is 13.9. The molecule has 1 heterocycles. The van der Waals surface area contributed by atoms with Gasteiger partial charge in [0.25, 0.3) is 0 Å². The van der Waals surface area contributed by atoms with E-state index in [2.05, 4.69) is 24.0 Å². The highest BCUT2D eigenvalue weighted by atomic mass is 35.5.